The van der Waals surface area contributed by atoms with Crippen LogP contribution in [0.25, 0.3) is 11.0 Å². The van der Waals surface area contributed by atoms with Crippen LogP contribution in [0.5, 0.6) is 5.75 Å². The van der Waals surface area contributed by atoms with Gasteiger partial charge in [0.1, 0.15) is 23.7 Å². The Kier molecular flexibility index (Phi) is 5.65. The molecule has 0 amide bonds. The van der Waals surface area contributed by atoms with Crippen LogP contribution in [-0.4, -0.2) is 5.78 Å². The summed E-state index contributed by atoms with van der Waals surface area (Å²) in [7, 11) is 0. The Hall–Kier alpha value is -2.88. The van der Waals surface area contributed by atoms with Crippen molar-refractivity contribution in [2.75, 3.05) is 0 Å². The fourth-order valence-electron chi connectivity index (χ4n) is 3.44. The maximum atomic E-state index is 12.4. The molecule has 3 rings (SSSR count). The SMILES string of the molecule is CC(=O)Cc1c(C)c2ccc(OCc3ccc(C(C)(C)C)cc3)c(C)c2oc1=O. The zero-order valence-electron chi connectivity index (χ0n) is 18.0. The van der Waals surface area contributed by atoms with Gasteiger partial charge in [0.05, 0.1) is 0 Å². The van der Waals surface area contributed by atoms with E-state index in [9.17, 15) is 9.59 Å². The molecule has 4 heteroatoms. The van der Waals surface area contributed by atoms with E-state index in [1.807, 2.05) is 26.0 Å². The van der Waals surface area contributed by atoms with Crippen molar-refractivity contribution in [2.24, 2.45) is 0 Å². The smallest absolute Gasteiger partial charge is 0.340 e. The van der Waals surface area contributed by atoms with Crippen molar-refractivity contribution in [1.29, 1.82) is 0 Å². The lowest BCUT2D eigenvalue weighted by atomic mass is 9.87. The Labute approximate surface area is 171 Å². The topological polar surface area (TPSA) is 56.5 Å². The molecular weight excluding hydrogens is 364 g/mol. The van der Waals surface area contributed by atoms with Crippen LogP contribution in [0, 0.1) is 13.8 Å². The number of carbonyl (C=O) groups is 1. The van der Waals surface area contributed by atoms with Crippen molar-refractivity contribution >= 4 is 16.8 Å². The van der Waals surface area contributed by atoms with Gasteiger partial charge >= 0.3 is 5.63 Å². The Morgan fingerprint density at radius 3 is 2.24 bits per heavy atom. The summed E-state index contributed by atoms with van der Waals surface area (Å²) in [6.07, 6.45) is 0.0893. The lowest BCUT2D eigenvalue weighted by molar-refractivity contribution is -0.116. The normalized spacial score (nSPS) is 11.7. The van der Waals surface area contributed by atoms with Gasteiger partial charge in [0, 0.05) is 22.9 Å². The molecule has 2 aromatic carbocycles. The molecule has 0 radical (unpaired) electrons. The van der Waals surface area contributed by atoms with Gasteiger partial charge in [-0.05, 0) is 55.0 Å². The number of ether oxygens (including phenoxy) is 1. The summed E-state index contributed by atoms with van der Waals surface area (Å²) in [5.41, 5.74) is 4.53. The van der Waals surface area contributed by atoms with Crippen molar-refractivity contribution in [3.8, 4) is 5.75 Å². The number of hydrogen-bond acceptors (Lipinski definition) is 4. The molecule has 0 spiro atoms. The number of aryl methyl sites for hydroxylation is 2. The third kappa shape index (κ3) is 4.42. The maximum absolute atomic E-state index is 12.4. The van der Waals surface area contributed by atoms with E-state index >= 15 is 0 Å². The summed E-state index contributed by atoms with van der Waals surface area (Å²) >= 11 is 0. The monoisotopic (exact) mass is 392 g/mol. The van der Waals surface area contributed by atoms with Crippen molar-refractivity contribution in [3.05, 3.63) is 74.6 Å². The van der Waals surface area contributed by atoms with Crippen LogP contribution in [0.1, 0.15) is 55.5 Å². The second kappa shape index (κ2) is 7.86. The number of ketones is 1. The van der Waals surface area contributed by atoms with Gasteiger partial charge in [0.15, 0.2) is 0 Å². The van der Waals surface area contributed by atoms with Crippen LogP contribution in [-0.2, 0) is 23.2 Å². The first-order chi connectivity index (χ1) is 13.6. The molecule has 0 saturated heterocycles. The third-order valence-corrected chi connectivity index (χ3v) is 5.29. The highest BCUT2D eigenvalue weighted by Gasteiger charge is 2.17. The largest absolute Gasteiger partial charge is 0.488 e. The lowest BCUT2D eigenvalue weighted by Gasteiger charge is -2.19. The molecule has 1 aromatic heterocycles. The summed E-state index contributed by atoms with van der Waals surface area (Å²) in [5, 5.41) is 0.834. The molecular formula is C25H28O4. The fraction of sp³-hybridized carbons (Fsp3) is 0.360. The van der Waals surface area contributed by atoms with Crippen LogP contribution >= 0.6 is 0 Å². The van der Waals surface area contributed by atoms with E-state index < -0.39 is 5.63 Å². The predicted molar refractivity (Wildman–Crippen MR) is 116 cm³/mol. The summed E-state index contributed by atoms with van der Waals surface area (Å²) in [6, 6.07) is 12.2. The van der Waals surface area contributed by atoms with Crippen molar-refractivity contribution in [2.45, 2.75) is 60.0 Å². The van der Waals surface area contributed by atoms with Crippen molar-refractivity contribution < 1.29 is 13.9 Å². The zero-order chi connectivity index (χ0) is 21.3. The van der Waals surface area contributed by atoms with Gasteiger partial charge in [0.2, 0.25) is 0 Å². The van der Waals surface area contributed by atoms with E-state index in [1.165, 1.54) is 12.5 Å². The Morgan fingerprint density at radius 2 is 1.66 bits per heavy atom. The van der Waals surface area contributed by atoms with E-state index in [1.54, 1.807) is 0 Å². The Bertz CT molecular complexity index is 1110. The summed E-state index contributed by atoms with van der Waals surface area (Å²) < 4.78 is 11.6. The minimum Gasteiger partial charge on any atom is -0.488 e. The molecule has 0 atom stereocenters. The van der Waals surface area contributed by atoms with Crippen LogP contribution in [0.15, 0.2) is 45.6 Å². The summed E-state index contributed by atoms with van der Waals surface area (Å²) in [4.78, 5) is 23.9. The van der Waals surface area contributed by atoms with Crippen molar-refractivity contribution in [1.82, 2.24) is 0 Å². The zero-order valence-corrected chi connectivity index (χ0v) is 18.0. The van der Waals surface area contributed by atoms with Gasteiger partial charge in [-0.15, -0.1) is 0 Å². The molecule has 0 aliphatic heterocycles. The number of fused-ring (bicyclic) bond motifs is 1. The minimum absolute atomic E-state index is 0.0612. The number of benzene rings is 2. The molecule has 0 aliphatic carbocycles. The first-order valence-corrected chi connectivity index (χ1v) is 9.85. The second-order valence-corrected chi connectivity index (χ2v) is 8.67. The van der Waals surface area contributed by atoms with Crippen molar-refractivity contribution in [3.63, 3.8) is 0 Å². The van der Waals surface area contributed by atoms with Gasteiger partial charge in [-0.3, -0.25) is 4.79 Å². The van der Waals surface area contributed by atoms with Crippen LogP contribution in [0.4, 0.5) is 0 Å². The van der Waals surface area contributed by atoms with Crippen LogP contribution in [0.2, 0.25) is 0 Å². The molecule has 1 heterocycles. The standard InChI is InChI=1S/C25H28O4/c1-15(26)13-21-16(2)20-11-12-22(17(3)23(20)29-24(21)27)28-14-18-7-9-19(10-8-18)25(4,5)6/h7-12H,13-14H2,1-6H3. The molecule has 29 heavy (non-hydrogen) atoms. The predicted octanol–water partition coefficient (Wildman–Crippen LogP) is 5.42. The van der Waals surface area contributed by atoms with E-state index in [-0.39, 0.29) is 17.6 Å². The highest BCUT2D eigenvalue weighted by Crippen LogP contribution is 2.30. The lowest BCUT2D eigenvalue weighted by Crippen LogP contribution is -2.14. The van der Waals surface area contributed by atoms with Gasteiger partial charge < -0.3 is 9.15 Å². The van der Waals surface area contributed by atoms with Crippen LogP contribution in [0.3, 0.4) is 0 Å². The van der Waals surface area contributed by atoms with E-state index in [4.69, 9.17) is 9.15 Å². The highest BCUT2D eigenvalue weighted by molar-refractivity contribution is 5.87. The van der Waals surface area contributed by atoms with E-state index in [2.05, 4.69) is 45.0 Å². The second-order valence-electron chi connectivity index (χ2n) is 8.67. The summed E-state index contributed by atoms with van der Waals surface area (Å²) in [5.74, 6) is 0.619. The molecule has 3 aromatic rings. The average Bonchev–Trinajstić information content (AvgIpc) is 2.64. The number of rotatable bonds is 5. The number of Topliss-reactive ketones (excluding diaryl/α,β-unsaturated/α-hetero) is 1. The third-order valence-electron chi connectivity index (χ3n) is 5.29. The molecule has 152 valence electrons. The molecule has 0 saturated carbocycles. The molecule has 0 fully saturated rings. The first kappa shape index (κ1) is 20.8. The van der Waals surface area contributed by atoms with E-state index in [0.717, 1.165) is 22.1 Å². The van der Waals surface area contributed by atoms with E-state index in [0.29, 0.717) is 23.5 Å². The van der Waals surface area contributed by atoms with Gasteiger partial charge in [-0.25, -0.2) is 4.79 Å². The van der Waals surface area contributed by atoms with Gasteiger partial charge in [0.25, 0.3) is 0 Å². The maximum Gasteiger partial charge on any atom is 0.340 e. The quantitative estimate of drug-likeness (QED) is 0.544. The molecule has 4 nitrogen and oxygen atoms in total. The average molecular weight is 392 g/mol. The van der Waals surface area contributed by atoms with Gasteiger partial charge in [-0.1, -0.05) is 45.0 Å². The van der Waals surface area contributed by atoms with Gasteiger partial charge in [-0.2, -0.15) is 0 Å². The molecule has 0 unspecified atom stereocenters. The molecule has 0 aliphatic rings. The molecule has 0 bridgehead atoms. The Morgan fingerprint density at radius 1 is 1.00 bits per heavy atom. The highest BCUT2D eigenvalue weighted by atomic mass is 16.5. The van der Waals surface area contributed by atoms with Crippen LogP contribution < -0.4 is 10.4 Å². The summed E-state index contributed by atoms with van der Waals surface area (Å²) in [6.45, 7) is 12.2. The molecule has 0 N–H and O–H groups in total. The number of carbonyl (C=O) groups excluding carboxylic acids is 1. The Balaban J connectivity index is 1.88. The number of hydrogen-bond donors (Lipinski definition) is 0. The fourth-order valence-corrected chi connectivity index (χ4v) is 3.44. The first-order valence-electron chi connectivity index (χ1n) is 9.85. The minimum atomic E-state index is -0.455.